The molecule has 0 bridgehead atoms. The first-order valence-corrected chi connectivity index (χ1v) is 8.66. The molecule has 0 radical (unpaired) electrons. The molecule has 1 amide bonds. The number of hydrogen-bond acceptors (Lipinski definition) is 3. The molecule has 0 saturated carbocycles. The first kappa shape index (κ1) is 18.5. The molecule has 3 rings (SSSR count). The van der Waals surface area contributed by atoms with Crippen LogP contribution in [0.3, 0.4) is 0 Å². The summed E-state index contributed by atoms with van der Waals surface area (Å²) in [7, 11) is 0. The molecule has 0 saturated heterocycles. The van der Waals surface area contributed by atoms with Crippen molar-refractivity contribution >= 4 is 5.91 Å². The molecule has 27 heavy (non-hydrogen) atoms. The van der Waals surface area contributed by atoms with E-state index in [2.05, 4.69) is 5.10 Å². The lowest BCUT2D eigenvalue weighted by Gasteiger charge is -2.26. The van der Waals surface area contributed by atoms with E-state index in [0.717, 1.165) is 5.56 Å². The van der Waals surface area contributed by atoms with Crippen molar-refractivity contribution in [2.45, 2.75) is 26.4 Å². The average molecular weight is 365 g/mol. The van der Waals surface area contributed by atoms with Gasteiger partial charge in [-0.3, -0.25) is 9.59 Å². The van der Waals surface area contributed by atoms with Gasteiger partial charge in [-0.05, 0) is 43.7 Å². The summed E-state index contributed by atoms with van der Waals surface area (Å²) in [4.78, 5) is 26.9. The van der Waals surface area contributed by atoms with E-state index in [-0.39, 0.29) is 17.6 Å². The minimum absolute atomic E-state index is 0.113. The fourth-order valence-corrected chi connectivity index (χ4v) is 2.70. The molecule has 0 fully saturated rings. The van der Waals surface area contributed by atoms with Crippen molar-refractivity contribution in [1.29, 1.82) is 0 Å². The smallest absolute Gasteiger partial charge is 0.278 e. The lowest BCUT2D eigenvalue weighted by molar-refractivity contribution is 0.0680. The minimum Gasteiger partial charge on any atom is -0.330 e. The first-order valence-electron chi connectivity index (χ1n) is 8.66. The average Bonchev–Trinajstić information content (AvgIpc) is 2.67. The van der Waals surface area contributed by atoms with Crippen LogP contribution in [-0.2, 0) is 6.54 Å². The second-order valence-corrected chi connectivity index (χ2v) is 6.46. The second kappa shape index (κ2) is 7.95. The van der Waals surface area contributed by atoms with Gasteiger partial charge in [0.25, 0.3) is 5.91 Å². The molecule has 0 N–H and O–H groups in total. The largest absolute Gasteiger partial charge is 0.330 e. The molecule has 3 aromatic rings. The van der Waals surface area contributed by atoms with Gasteiger partial charge in [0.2, 0.25) is 5.43 Å². The van der Waals surface area contributed by atoms with E-state index in [1.165, 1.54) is 41.2 Å². The summed E-state index contributed by atoms with van der Waals surface area (Å²) in [6, 6.07) is 16.4. The Morgan fingerprint density at radius 2 is 1.74 bits per heavy atom. The predicted octanol–water partition coefficient (Wildman–Crippen LogP) is 3.42. The number of nitrogens with zero attached hydrogens (tertiary/aromatic N) is 3. The van der Waals surface area contributed by atoms with Crippen LogP contribution in [-0.4, -0.2) is 26.6 Å². The van der Waals surface area contributed by atoms with Crippen LogP contribution >= 0.6 is 0 Å². The van der Waals surface area contributed by atoms with Crippen LogP contribution in [0.25, 0.3) is 5.69 Å². The zero-order chi connectivity index (χ0) is 19.4. The Kier molecular flexibility index (Phi) is 5.45. The van der Waals surface area contributed by atoms with E-state index in [4.69, 9.17) is 0 Å². The monoisotopic (exact) mass is 365 g/mol. The van der Waals surface area contributed by atoms with Crippen LogP contribution in [0.1, 0.15) is 29.9 Å². The maximum absolute atomic E-state index is 13.1. The van der Waals surface area contributed by atoms with Crippen molar-refractivity contribution in [3.05, 3.63) is 94.2 Å². The van der Waals surface area contributed by atoms with Gasteiger partial charge < -0.3 is 4.90 Å². The number of aromatic nitrogens is 2. The molecule has 6 heteroatoms. The number of rotatable bonds is 5. The Balaban J connectivity index is 1.95. The van der Waals surface area contributed by atoms with Crippen molar-refractivity contribution in [2.75, 3.05) is 0 Å². The Labute approximate surface area is 156 Å². The maximum atomic E-state index is 13.1. The van der Waals surface area contributed by atoms with Crippen molar-refractivity contribution in [2.24, 2.45) is 0 Å². The molecule has 2 aromatic carbocycles. The Hall–Kier alpha value is -3.28. The number of carbonyl (C=O) groups excluding carboxylic acids is 1. The Morgan fingerprint density at radius 1 is 1.07 bits per heavy atom. The van der Waals surface area contributed by atoms with Crippen LogP contribution in [0.15, 0.2) is 71.7 Å². The van der Waals surface area contributed by atoms with Gasteiger partial charge in [0.15, 0.2) is 5.69 Å². The van der Waals surface area contributed by atoms with Crippen LogP contribution < -0.4 is 5.43 Å². The summed E-state index contributed by atoms with van der Waals surface area (Å²) in [5.74, 6) is -0.805. The van der Waals surface area contributed by atoms with E-state index in [1.54, 1.807) is 4.90 Å². The van der Waals surface area contributed by atoms with Crippen LogP contribution in [0.4, 0.5) is 4.39 Å². The summed E-state index contributed by atoms with van der Waals surface area (Å²) in [5, 5.41) is 4.21. The van der Waals surface area contributed by atoms with Gasteiger partial charge in [0, 0.05) is 24.8 Å². The van der Waals surface area contributed by atoms with E-state index in [0.29, 0.717) is 12.2 Å². The van der Waals surface area contributed by atoms with Gasteiger partial charge in [0.05, 0.1) is 5.69 Å². The van der Waals surface area contributed by atoms with Crippen molar-refractivity contribution < 1.29 is 9.18 Å². The number of benzene rings is 2. The third-order valence-electron chi connectivity index (χ3n) is 4.18. The molecule has 0 atom stereocenters. The molecule has 0 unspecified atom stereocenters. The summed E-state index contributed by atoms with van der Waals surface area (Å²) < 4.78 is 14.5. The zero-order valence-electron chi connectivity index (χ0n) is 15.2. The lowest BCUT2D eigenvalue weighted by atomic mass is 10.1. The molecule has 138 valence electrons. The quantitative estimate of drug-likeness (QED) is 0.696. The minimum atomic E-state index is -0.447. The van der Waals surface area contributed by atoms with E-state index >= 15 is 0 Å². The molecule has 0 aliphatic rings. The van der Waals surface area contributed by atoms with E-state index in [9.17, 15) is 14.0 Å². The third kappa shape index (κ3) is 4.28. The molecule has 1 aromatic heterocycles. The topological polar surface area (TPSA) is 55.2 Å². The van der Waals surface area contributed by atoms with Gasteiger partial charge in [-0.2, -0.15) is 5.10 Å². The predicted molar refractivity (Wildman–Crippen MR) is 101 cm³/mol. The van der Waals surface area contributed by atoms with Crippen LogP contribution in [0.5, 0.6) is 0 Å². The van der Waals surface area contributed by atoms with Gasteiger partial charge in [-0.25, -0.2) is 9.07 Å². The number of hydrogen-bond donors (Lipinski definition) is 0. The summed E-state index contributed by atoms with van der Waals surface area (Å²) in [6.45, 7) is 4.16. The summed E-state index contributed by atoms with van der Waals surface area (Å²) in [5.41, 5.74) is 0.919. The van der Waals surface area contributed by atoms with E-state index in [1.807, 2.05) is 44.2 Å². The highest BCUT2D eigenvalue weighted by atomic mass is 19.1. The van der Waals surface area contributed by atoms with Crippen LogP contribution in [0, 0.1) is 5.82 Å². The molecule has 0 aliphatic carbocycles. The fraction of sp³-hybridized carbons (Fsp3) is 0.190. The summed E-state index contributed by atoms with van der Waals surface area (Å²) >= 11 is 0. The van der Waals surface area contributed by atoms with Gasteiger partial charge in [-0.15, -0.1) is 0 Å². The molecule has 1 heterocycles. The SMILES string of the molecule is CC(C)N(Cc1ccccc1)C(=O)c1nn(-c2ccc(F)cc2)ccc1=O. The Bertz CT molecular complexity index is 982. The lowest BCUT2D eigenvalue weighted by Crippen LogP contribution is -2.39. The maximum Gasteiger partial charge on any atom is 0.278 e. The highest BCUT2D eigenvalue weighted by Crippen LogP contribution is 2.12. The van der Waals surface area contributed by atoms with Crippen LogP contribution in [0.2, 0.25) is 0 Å². The number of amides is 1. The Morgan fingerprint density at radius 3 is 2.37 bits per heavy atom. The van der Waals surface area contributed by atoms with Gasteiger partial charge >= 0.3 is 0 Å². The van der Waals surface area contributed by atoms with E-state index < -0.39 is 11.3 Å². The molecule has 0 spiro atoms. The van der Waals surface area contributed by atoms with Gasteiger partial charge in [-0.1, -0.05) is 30.3 Å². The number of halogens is 1. The number of carbonyl (C=O) groups is 1. The van der Waals surface area contributed by atoms with Gasteiger partial charge in [0.1, 0.15) is 5.82 Å². The van der Waals surface area contributed by atoms with Crippen molar-refractivity contribution in [3.63, 3.8) is 0 Å². The standard InChI is InChI=1S/C21H20FN3O2/c1-15(2)24(14-16-6-4-3-5-7-16)21(27)20-19(26)12-13-25(23-20)18-10-8-17(22)9-11-18/h3-13,15H,14H2,1-2H3. The normalized spacial score (nSPS) is 10.8. The van der Waals surface area contributed by atoms with Crippen molar-refractivity contribution in [3.8, 4) is 5.69 Å². The molecule has 0 aliphatic heterocycles. The highest BCUT2D eigenvalue weighted by Gasteiger charge is 2.23. The molecular formula is C21H20FN3O2. The van der Waals surface area contributed by atoms with Crippen molar-refractivity contribution in [1.82, 2.24) is 14.7 Å². The zero-order valence-corrected chi connectivity index (χ0v) is 15.2. The third-order valence-corrected chi connectivity index (χ3v) is 4.18. The fourth-order valence-electron chi connectivity index (χ4n) is 2.70. The molecule has 5 nitrogen and oxygen atoms in total. The second-order valence-electron chi connectivity index (χ2n) is 6.46. The molecular weight excluding hydrogens is 345 g/mol. The summed E-state index contributed by atoms with van der Waals surface area (Å²) in [6.07, 6.45) is 1.46. The first-order chi connectivity index (χ1) is 13.0. The highest BCUT2D eigenvalue weighted by molar-refractivity contribution is 5.92.